The third-order valence-corrected chi connectivity index (χ3v) is 5.57. The monoisotopic (exact) mass is 336 g/mol. The van der Waals surface area contributed by atoms with Crippen LogP contribution in [0.3, 0.4) is 0 Å². The number of hydrogen-bond acceptors (Lipinski definition) is 6. The van der Waals surface area contributed by atoms with Gasteiger partial charge in [0.25, 0.3) is 0 Å². The molecule has 0 aromatic carbocycles. The minimum atomic E-state index is 0.621. The highest BCUT2D eigenvalue weighted by Crippen LogP contribution is 2.20. The van der Waals surface area contributed by atoms with E-state index in [4.69, 9.17) is 5.73 Å². The van der Waals surface area contributed by atoms with Gasteiger partial charge in [-0.05, 0) is 13.8 Å². The molecule has 0 unspecified atom stereocenters. The van der Waals surface area contributed by atoms with Gasteiger partial charge in [0.2, 0.25) is 0 Å². The summed E-state index contributed by atoms with van der Waals surface area (Å²) in [7, 11) is 0. The number of aromatic nitrogens is 2. The van der Waals surface area contributed by atoms with E-state index in [2.05, 4.69) is 24.8 Å². The van der Waals surface area contributed by atoms with E-state index in [9.17, 15) is 0 Å². The van der Waals surface area contributed by atoms with E-state index in [1.165, 1.54) is 4.88 Å². The van der Waals surface area contributed by atoms with Crippen LogP contribution >= 0.6 is 22.7 Å². The Hall–Kier alpha value is -1.67. The molecule has 0 atom stereocenters. The maximum atomic E-state index is 6.15. The van der Waals surface area contributed by atoms with Crippen molar-refractivity contribution in [3.63, 3.8) is 0 Å². The number of aliphatic imine (C=N–C) groups is 1. The van der Waals surface area contributed by atoms with Crippen LogP contribution in [0.5, 0.6) is 0 Å². The molecule has 0 radical (unpaired) electrons. The van der Waals surface area contributed by atoms with Gasteiger partial charge in [0.05, 0.1) is 17.2 Å². The Labute approximate surface area is 138 Å². The molecule has 1 saturated heterocycles. The highest BCUT2D eigenvalue weighted by Gasteiger charge is 2.19. The van der Waals surface area contributed by atoms with Crippen LogP contribution in [-0.2, 0) is 6.54 Å². The minimum Gasteiger partial charge on any atom is -0.370 e. The number of rotatable bonds is 3. The molecule has 0 saturated carbocycles. The second-order valence-corrected chi connectivity index (χ2v) is 7.37. The first-order valence-electron chi connectivity index (χ1n) is 7.25. The largest absolute Gasteiger partial charge is 0.370 e. The molecule has 1 fully saturated rings. The number of hydrogen-bond donors (Lipinski definition) is 1. The van der Waals surface area contributed by atoms with Crippen LogP contribution in [0.2, 0.25) is 0 Å². The quantitative estimate of drug-likeness (QED) is 0.684. The maximum absolute atomic E-state index is 6.15. The lowest BCUT2D eigenvalue weighted by atomic mass is 10.3. The van der Waals surface area contributed by atoms with E-state index in [1.54, 1.807) is 22.7 Å². The van der Waals surface area contributed by atoms with Gasteiger partial charge in [-0.3, -0.25) is 0 Å². The topological polar surface area (TPSA) is 70.6 Å². The standard InChI is InChI=1S/C14H20N6S2/c1-10-12(22-11(2)18-10)9-17-13(15)19-4-6-20(7-5-19)14-16-3-8-21-14/h3,8H,4-7,9H2,1-2H3,(H2,15,17). The SMILES string of the molecule is Cc1nc(C)c(CN=C(N)N2CCN(c3nccs3)CC2)s1. The van der Waals surface area contributed by atoms with Crippen LogP contribution < -0.4 is 10.6 Å². The number of nitrogens with zero attached hydrogens (tertiary/aromatic N) is 5. The molecular formula is C14H20N6S2. The number of piperazine rings is 1. The molecule has 2 N–H and O–H groups in total. The molecule has 3 rings (SSSR count). The fourth-order valence-corrected chi connectivity index (χ4v) is 4.03. The van der Waals surface area contributed by atoms with Gasteiger partial charge in [-0.15, -0.1) is 22.7 Å². The fourth-order valence-electron chi connectivity index (χ4n) is 2.47. The van der Waals surface area contributed by atoms with Gasteiger partial charge in [0.15, 0.2) is 11.1 Å². The van der Waals surface area contributed by atoms with Gasteiger partial charge >= 0.3 is 0 Å². The van der Waals surface area contributed by atoms with Crippen molar-refractivity contribution in [1.29, 1.82) is 0 Å². The second-order valence-electron chi connectivity index (χ2n) is 5.20. The van der Waals surface area contributed by atoms with Crippen molar-refractivity contribution in [3.8, 4) is 0 Å². The summed E-state index contributed by atoms with van der Waals surface area (Å²) in [5.41, 5.74) is 7.21. The van der Waals surface area contributed by atoms with Crippen LogP contribution in [0.4, 0.5) is 5.13 Å². The molecule has 1 aliphatic rings. The molecule has 2 aromatic rings. The van der Waals surface area contributed by atoms with Gasteiger partial charge in [0.1, 0.15) is 0 Å². The Kier molecular flexibility index (Phi) is 4.58. The van der Waals surface area contributed by atoms with E-state index in [0.717, 1.165) is 42.0 Å². The zero-order valence-corrected chi connectivity index (χ0v) is 14.5. The normalized spacial score (nSPS) is 16.4. The van der Waals surface area contributed by atoms with Crippen LogP contribution in [0.1, 0.15) is 15.6 Å². The van der Waals surface area contributed by atoms with Crippen molar-refractivity contribution in [2.45, 2.75) is 20.4 Å². The molecule has 0 aliphatic carbocycles. The Balaban J connectivity index is 1.56. The lowest BCUT2D eigenvalue weighted by Gasteiger charge is -2.35. The van der Waals surface area contributed by atoms with Crippen molar-refractivity contribution in [2.24, 2.45) is 10.7 Å². The molecule has 0 bridgehead atoms. The maximum Gasteiger partial charge on any atom is 0.191 e. The third-order valence-electron chi connectivity index (χ3n) is 3.68. The summed E-state index contributed by atoms with van der Waals surface area (Å²) in [6.45, 7) is 8.30. The third kappa shape index (κ3) is 3.38. The second kappa shape index (κ2) is 6.62. The number of guanidine groups is 1. The lowest BCUT2D eigenvalue weighted by molar-refractivity contribution is 0.380. The van der Waals surface area contributed by atoms with Crippen molar-refractivity contribution >= 4 is 33.8 Å². The predicted octanol–water partition coefficient (Wildman–Crippen LogP) is 1.85. The molecule has 2 aromatic heterocycles. The summed E-state index contributed by atoms with van der Waals surface area (Å²) in [4.78, 5) is 19.0. The highest BCUT2D eigenvalue weighted by molar-refractivity contribution is 7.13. The van der Waals surface area contributed by atoms with E-state index in [-0.39, 0.29) is 0 Å². The van der Waals surface area contributed by atoms with Gasteiger partial charge in [0, 0.05) is 42.6 Å². The number of nitrogens with two attached hydrogens (primary N) is 1. The van der Waals surface area contributed by atoms with E-state index in [0.29, 0.717) is 12.5 Å². The molecular weight excluding hydrogens is 316 g/mol. The minimum absolute atomic E-state index is 0.621. The molecule has 1 aliphatic heterocycles. The van der Waals surface area contributed by atoms with Crippen molar-refractivity contribution in [3.05, 3.63) is 27.2 Å². The predicted molar refractivity (Wildman–Crippen MR) is 92.8 cm³/mol. The first-order valence-corrected chi connectivity index (χ1v) is 8.95. The summed E-state index contributed by atoms with van der Waals surface area (Å²) in [6, 6.07) is 0. The van der Waals surface area contributed by atoms with Gasteiger partial charge in [-0.25, -0.2) is 15.0 Å². The Bertz CT molecular complexity index is 640. The van der Waals surface area contributed by atoms with E-state index >= 15 is 0 Å². The van der Waals surface area contributed by atoms with Crippen LogP contribution in [0.25, 0.3) is 0 Å². The van der Waals surface area contributed by atoms with Gasteiger partial charge in [-0.1, -0.05) is 0 Å². The summed E-state index contributed by atoms with van der Waals surface area (Å²) < 4.78 is 0. The molecule has 8 heteroatoms. The van der Waals surface area contributed by atoms with Crippen molar-refractivity contribution < 1.29 is 0 Å². The highest BCUT2D eigenvalue weighted by atomic mass is 32.1. The van der Waals surface area contributed by atoms with E-state index < -0.39 is 0 Å². The number of anilines is 1. The zero-order valence-electron chi connectivity index (χ0n) is 12.8. The molecule has 0 amide bonds. The summed E-state index contributed by atoms with van der Waals surface area (Å²) >= 11 is 3.37. The first-order chi connectivity index (χ1) is 10.6. The molecule has 0 spiro atoms. The molecule has 3 heterocycles. The lowest BCUT2D eigenvalue weighted by Crippen LogP contribution is -2.51. The summed E-state index contributed by atoms with van der Waals surface area (Å²) in [6.07, 6.45) is 1.85. The number of aryl methyl sites for hydroxylation is 2. The summed E-state index contributed by atoms with van der Waals surface area (Å²) in [5.74, 6) is 0.629. The molecule has 118 valence electrons. The van der Waals surface area contributed by atoms with E-state index in [1.807, 2.05) is 25.4 Å². The average Bonchev–Trinajstić information content (AvgIpc) is 3.15. The van der Waals surface area contributed by atoms with Crippen LogP contribution in [0.15, 0.2) is 16.6 Å². The van der Waals surface area contributed by atoms with Gasteiger partial charge < -0.3 is 15.5 Å². The number of thiazole rings is 2. The van der Waals surface area contributed by atoms with Crippen LogP contribution in [0, 0.1) is 13.8 Å². The smallest absolute Gasteiger partial charge is 0.191 e. The van der Waals surface area contributed by atoms with Gasteiger partial charge in [-0.2, -0.15) is 0 Å². The zero-order chi connectivity index (χ0) is 15.5. The molecule has 6 nitrogen and oxygen atoms in total. The molecule has 22 heavy (non-hydrogen) atoms. The summed E-state index contributed by atoms with van der Waals surface area (Å²) in [5, 5.41) is 4.18. The Morgan fingerprint density at radius 2 is 2.09 bits per heavy atom. The average molecular weight is 336 g/mol. The van der Waals surface area contributed by atoms with Crippen LogP contribution in [-0.4, -0.2) is 47.0 Å². The van der Waals surface area contributed by atoms with Crippen molar-refractivity contribution in [1.82, 2.24) is 14.9 Å². The van der Waals surface area contributed by atoms with Crippen molar-refractivity contribution in [2.75, 3.05) is 31.1 Å². The first kappa shape index (κ1) is 15.2. The fraction of sp³-hybridized carbons (Fsp3) is 0.500. The Morgan fingerprint density at radius 3 is 2.68 bits per heavy atom. The Morgan fingerprint density at radius 1 is 1.32 bits per heavy atom.